The number of nitrogens with one attached hydrogen (secondary N) is 1. The highest BCUT2D eigenvalue weighted by Gasteiger charge is 2.41. The Morgan fingerprint density at radius 3 is 2.42 bits per heavy atom. The first-order chi connectivity index (χ1) is 15.2. The predicted molar refractivity (Wildman–Crippen MR) is 123 cm³/mol. The van der Waals surface area contributed by atoms with Gasteiger partial charge in [-0.3, -0.25) is 9.59 Å². The monoisotopic (exact) mass is 412 g/mol. The largest absolute Gasteiger partial charge is 0.354 e. The zero-order valence-electron chi connectivity index (χ0n) is 17.7. The van der Waals surface area contributed by atoms with Gasteiger partial charge in [-0.1, -0.05) is 79.9 Å². The summed E-state index contributed by atoms with van der Waals surface area (Å²) in [5.41, 5.74) is 2.88. The maximum absolute atomic E-state index is 13.7. The van der Waals surface area contributed by atoms with E-state index in [0.717, 1.165) is 54.0 Å². The van der Waals surface area contributed by atoms with Gasteiger partial charge in [-0.05, 0) is 41.8 Å². The Morgan fingerprint density at radius 2 is 1.65 bits per heavy atom. The number of hydrogen-bond acceptors (Lipinski definition) is 2. The van der Waals surface area contributed by atoms with Gasteiger partial charge in [-0.15, -0.1) is 0 Å². The highest BCUT2D eigenvalue weighted by atomic mass is 16.2. The zero-order chi connectivity index (χ0) is 21.2. The molecular weight excluding hydrogens is 384 g/mol. The van der Waals surface area contributed by atoms with Gasteiger partial charge in [0.15, 0.2) is 0 Å². The summed E-state index contributed by atoms with van der Waals surface area (Å²) in [5.74, 6) is -0.0729. The summed E-state index contributed by atoms with van der Waals surface area (Å²) in [7, 11) is 0. The molecule has 1 unspecified atom stereocenters. The fraction of sp³-hybridized carbons (Fsp3) is 0.333. The summed E-state index contributed by atoms with van der Waals surface area (Å²) in [4.78, 5) is 29.1. The SMILES string of the molecule is O=C(NCCc1ccccc1)C1c2cccc3cccc(c23)C(=O)N1C1CCCCC1. The summed E-state index contributed by atoms with van der Waals surface area (Å²) >= 11 is 0. The number of amides is 2. The molecule has 0 saturated heterocycles. The first kappa shape index (κ1) is 19.8. The van der Waals surface area contributed by atoms with Gasteiger partial charge in [0, 0.05) is 23.5 Å². The molecule has 4 heteroatoms. The van der Waals surface area contributed by atoms with Gasteiger partial charge < -0.3 is 10.2 Å². The number of carbonyl (C=O) groups excluding carboxylic acids is 2. The van der Waals surface area contributed by atoms with Crippen molar-refractivity contribution in [3.63, 3.8) is 0 Å². The normalized spacial score (nSPS) is 18.9. The summed E-state index contributed by atoms with van der Waals surface area (Å²) in [6, 6.07) is 21.6. The second-order valence-electron chi connectivity index (χ2n) is 8.68. The van der Waals surface area contributed by atoms with E-state index >= 15 is 0 Å². The summed E-state index contributed by atoms with van der Waals surface area (Å²) in [6.45, 7) is 0.559. The Hall–Kier alpha value is -3.14. The van der Waals surface area contributed by atoms with Gasteiger partial charge in [-0.2, -0.15) is 0 Å². The van der Waals surface area contributed by atoms with E-state index in [1.807, 2.05) is 59.5 Å². The average Bonchev–Trinajstić information content (AvgIpc) is 2.82. The van der Waals surface area contributed by atoms with Crippen molar-refractivity contribution >= 4 is 22.6 Å². The van der Waals surface area contributed by atoms with Crippen LogP contribution in [0.2, 0.25) is 0 Å². The minimum Gasteiger partial charge on any atom is -0.354 e. The van der Waals surface area contributed by atoms with E-state index in [9.17, 15) is 9.59 Å². The topological polar surface area (TPSA) is 49.4 Å². The Kier molecular flexibility index (Phi) is 5.46. The van der Waals surface area contributed by atoms with Crippen LogP contribution >= 0.6 is 0 Å². The Balaban J connectivity index is 1.48. The highest BCUT2D eigenvalue weighted by Crippen LogP contribution is 2.40. The number of carbonyl (C=O) groups is 2. The third-order valence-corrected chi connectivity index (χ3v) is 6.75. The molecule has 2 amide bonds. The molecule has 1 saturated carbocycles. The summed E-state index contributed by atoms with van der Waals surface area (Å²) in [6.07, 6.45) is 6.15. The third-order valence-electron chi connectivity index (χ3n) is 6.75. The van der Waals surface area contributed by atoms with E-state index in [1.165, 1.54) is 12.0 Å². The molecule has 0 aromatic heterocycles. The van der Waals surface area contributed by atoms with E-state index in [1.54, 1.807) is 0 Å². The van der Waals surface area contributed by atoms with Gasteiger partial charge in [0.05, 0.1) is 0 Å². The van der Waals surface area contributed by atoms with Crippen LogP contribution in [0.1, 0.15) is 59.6 Å². The maximum Gasteiger partial charge on any atom is 0.255 e. The third kappa shape index (κ3) is 3.71. The Morgan fingerprint density at radius 1 is 0.903 bits per heavy atom. The van der Waals surface area contributed by atoms with Gasteiger partial charge in [0.25, 0.3) is 5.91 Å². The number of hydrogen-bond donors (Lipinski definition) is 1. The first-order valence-corrected chi connectivity index (χ1v) is 11.4. The standard InChI is InChI=1S/C27H28N2O2/c30-26(28-18-17-19-9-3-1-4-10-19)25-22-15-7-11-20-12-8-16-23(24(20)22)27(31)29(25)21-13-5-2-6-14-21/h1,3-4,7-12,15-16,21,25H,2,5-6,13-14,17-18H2,(H,28,30). The maximum atomic E-state index is 13.7. The quantitative estimate of drug-likeness (QED) is 0.639. The number of nitrogens with zero attached hydrogens (tertiary/aromatic N) is 1. The van der Waals surface area contributed by atoms with Crippen molar-refractivity contribution in [1.82, 2.24) is 10.2 Å². The molecular formula is C27H28N2O2. The van der Waals surface area contributed by atoms with E-state index in [0.29, 0.717) is 6.54 Å². The van der Waals surface area contributed by atoms with Crippen molar-refractivity contribution in [2.45, 2.75) is 50.6 Å². The van der Waals surface area contributed by atoms with Crippen LogP contribution in [0.15, 0.2) is 66.7 Å². The molecule has 3 aromatic carbocycles. The molecule has 2 aliphatic rings. The zero-order valence-corrected chi connectivity index (χ0v) is 17.7. The Bertz CT molecular complexity index is 1100. The molecule has 0 spiro atoms. The predicted octanol–water partition coefficient (Wildman–Crippen LogP) is 5.03. The van der Waals surface area contributed by atoms with Crippen LogP contribution < -0.4 is 5.32 Å². The van der Waals surface area contributed by atoms with Crippen LogP contribution in [-0.2, 0) is 11.2 Å². The van der Waals surface area contributed by atoms with Crippen molar-refractivity contribution < 1.29 is 9.59 Å². The lowest BCUT2D eigenvalue weighted by molar-refractivity contribution is -0.127. The minimum atomic E-state index is -0.565. The molecule has 4 nitrogen and oxygen atoms in total. The van der Waals surface area contributed by atoms with E-state index in [2.05, 4.69) is 17.4 Å². The second kappa shape index (κ2) is 8.54. The van der Waals surface area contributed by atoms with Gasteiger partial charge in [0.1, 0.15) is 6.04 Å². The van der Waals surface area contributed by atoms with E-state index < -0.39 is 6.04 Å². The van der Waals surface area contributed by atoms with Crippen LogP contribution in [0.5, 0.6) is 0 Å². The van der Waals surface area contributed by atoms with Gasteiger partial charge in [0.2, 0.25) is 5.91 Å². The van der Waals surface area contributed by atoms with E-state index in [-0.39, 0.29) is 17.9 Å². The smallest absolute Gasteiger partial charge is 0.255 e. The van der Waals surface area contributed by atoms with Crippen molar-refractivity contribution in [2.24, 2.45) is 0 Å². The molecule has 1 aliphatic heterocycles. The lowest BCUT2D eigenvalue weighted by Gasteiger charge is -2.42. The molecule has 3 aromatic rings. The number of benzene rings is 3. The van der Waals surface area contributed by atoms with Crippen LogP contribution in [-0.4, -0.2) is 29.3 Å². The molecule has 31 heavy (non-hydrogen) atoms. The Labute approximate surface area is 183 Å². The van der Waals surface area contributed by atoms with Crippen LogP contribution in [0.4, 0.5) is 0 Å². The fourth-order valence-corrected chi connectivity index (χ4v) is 5.26. The summed E-state index contributed by atoms with van der Waals surface area (Å²) < 4.78 is 0. The van der Waals surface area contributed by atoms with Crippen molar-refractivity contribution in [2.75, 3.05) is 6.54 Å². The molecule has 1 atom stereocenters. The molecule has 1 heterocycles. The molecule has 158 valence electrons. The van der Waals surface area contributed by atoms with Gasteiger partial charge >= 0.3 is 0 Å². The lowest BCUT2D eigenvalue weighted by atomic mass is 9.85. The highest BCUT2D eigenvalue weighted by molar-refractivity contribution is 6.13. The van der Waals surface area contributed by atoms with Crippen LogP contribution in [0, 0.1) is 0 Å². The minimum absolute atomic E-state index is 0.000547. The molecule has 0 radical (unpaired) electrons. The van der Waals surface area contributed by atoms with Crippen molar-refractivity contribution in [3.8, 4) is 0 Å². The molecule has 1 aliphatic carbocycles. The fourth-order valence-electron chi connectivity index (χ4n) is 5.26. The van der Waals surface area contributed by atoms with Crippen LogP contribution in [0.25, 0.3) is 10.8 Å². The summed E-state index contributed by atoms with van der Waals surface area (Å²) in [5, 5.41) is 5.09. The van der Waals surface area contributed by atoms with Crippen LogP contribution in [0.3, 0.4) is 0 Å². The second-order valence-corrected chi connectivity index (χ2v) is 8.68. The van der Waals surface area contributed by atoms with Gasteiger partial charge in [-0.25, -0.2) is 0 Å². The molecule has 1 N–H and O–H groups in total. The van der Waals surface area contributed by atoms with Crippen molar-refractivity contribution in [3.05, 3.63) is 83.4 Å². The molecule has 0 bridgehead atoms. The first-order valence-electron chi connectivity index (χ1n) is 11.4. The van der Waals surface area contributed by atoms with Crippen molar-refractivity contribution in [1.29, 1.82) is 0 Å². The molecule has 1 fully saturated rings. The lowest BCUT2D eigenvalue weighted by Crippen LogP contribution is -2.51. The average molecular weight is 413 g/mol. The number of rotatable bonds is 5. The van der Waals surface area contributed by atoms with E-state index in [4.69, 9.17) is 0 Å². The molecule has 5 rings (SSSR count).